The summed E-state index contributed by atoms with van der Waals surface area (Å²) in [7, 11) is 0. The van der Waals surface area contributed by atoms with Crippen molar-refractivity contribution in [2.45, 2.75) is 6.36 Å². The van der Waals surface area contributed by atoms with E-state index in [1.807, 2.05) is 0 Å². The first-order valence-electron chi connectivity index (χ1n) is 5.43. The van der Waals surface area contributed by atoms with E-state index in [1.165, 1.54) is 30.3 Å². The molecule has 0 amide bonds. The summed E-state index contributed by atoms with van der Waals surface area (Å²) in [5.41, 5.74) is 5.54. The van der Waals surface area contributed by atoms with E-state index in [2.05, 4.69) is 4.74 Å². The number of para-hydroxylation sites is 2. The Morgan fingerprint density at radius 3 is 2.15 bits per heavy atom. The maximum atomic E-state index is 13.5. The van der Waals surface area contributed by atoms with Crippen molar-refractivity contribution in [2.24, 2.45) is 0 Å². The van der Waals surface area contributed by atoms with Crippen LogP contribution in [0.4, 0.5) is 23.2 Å². The van der Waals surface area contributed by atoms with Gasteiger partial charge in [0.2, 0.25) is 0 Å². The van der Waals surface area contributed by atoms with E-state index in [4.69, 9.17) is 10.5 Å². The number of nitrogen functional groups attached to an aromatic ring is 1. The van der Waals surface area contributed by atoms with Crippen LogP contribution in [-0.2, 0) is 0 Å². The number of halogens is 4. The van der Waals surface area contributed by atoms with Crippen LogP contribution in [0.5, 0.6) is 17.2 Å². The third kappa shape index (κ3) is 3.53. The second kappa shape index (κ2) is 5.28. The minimum absolute atomic E-state index is 0.176. The maximum absolute atomic E-state index is 13.5. The summed E-state index contributed by atoms with van der Waals surface area (Å²) in [5.74, 6) is -1.85. The van der Waals surface area contributed by atoms with E-state index >= 15 is 0 Å². The second-order valence-electron chi connectivity index (χ2n) is 3.79. The molecule has 2 aromatic rings. The molecule has 0 atom stereocenters. The molecule has 2 aromatic carbocycles. The molecule has 2 rings (SSSR count). The SMILES string of the molecule is Nc1ccc(Oc2ccccc2OC(F)(F)F)c(F)c1. The van der Waals surface area contributed by atoms with Gasteiger partial charge < -0.3 is 15.2 Å². The van der Waals surface area contributed by atoms with Crippen LogP contribution >= 0.6 is 0 Å². The summed E-state index contributed by atoms with van der Waals surface area (Å²) in [4.78, 5) is 0. The summed E-state index contributed by atoms with van der Waals surface area (Å²) in [6.07, 6.45) is -4.86. The van der Waals surface area contributed by atoms with Crippen molar-refractivity contribution in [2.75, 3.05) is 5.73 Å². The lowest BCUT2D eigenvalue weighted by molar-refractivity contribution is -0.275. The van der Waals surface area contributed by atoms with Gasteiger partial charge in [0.25, 0.3) is 0 Å². The molecule has 3 nitrogen and oxygen atoms in total. The van der Waals surface area contributed by atoms with Gasteiger partial charge in [-0.1, -0.05) is 12.1 Å². The van der Waals surface area contributed by atoms with Crippen molar-refractivity contribution in [1.29, 1.82) is 0 Å². The lowest BCUT2D eigenvalue weighted by Gasteiger charge is -2.14. The van der Waals surface area contributed by atoms with Gasteiger partial charge in [0.05, 0.1) is 0 Å². The quantitative estimate of drug-likeness (QED) is 0.682. The first-order chi connectivity index (χ1) is 9.35. The van der Waals surface area contributed by atoms with Crippen LogP contribution in [0, 0.1) is 5.82 Å². The average Bonchev–Trinajstić information content (AvgIpc) is 2.33. The van der Waals surface area contributed by atoms with Crippen LogP contribution < -0.4 is 15.2 Å². The number of hydrogen-bond donors (Lipinski definition) is 1. The Morgan fingerprint density at radius 2 is 1.55 bits per heavy atom. The molecule has 7 heteroatoms. The summed E-state index contributed by atoms with van der Waals surface area (Å²) >= 11 is 0. The van der Waals surface area contributed by atoms with Crippen molar-refractivity contribution in [1.82, 2.24) is 0 Å². The lowest BCUT2D eigenvalue weighted by atomic mass is 10.3. The van der Waals surface area contributed by atoms with E-state index < -0.39 is 17.9 Å². The number of nitrogens with two attached hydrogens (primary N) is 1. The summed E-state index contributed by atoms with van der Waals surface area (Å²) < 4.78 is 59.1. The van der Waals surface area contributed by atoms with E-state index in [9.17, 15) is 17.6 Å². The molecule has 0 radical (unpaired) electrons. The molecular formula is C13H9F4NO2. The predicted molar refractivity (Wildman–Crippen MR) is 64.0 cm³/mol. The van der Waals surface area contributed by atoms with Gasteiger partial charge in [-0.3, -0.25) is 0 Å². The minimum Gasteiger partial charge on any atom is -0.450 e. The van der Waals surface area contributed by atoms with Crippen molar-refractivity contribution < 1.29 is 27.0 Å². The van der Waals surface area contributed by atoms with Crippen LogP contribution in [0.3, 0.4) is 0 Å². The van der Waals surface area contributed by atoms with Crippen molar-refractivity contribution in [3.63, 3.8) is 0 Å². The van der Waals surface area contributed by atoms with E-state index in [0.29, 0.717) is 0 Å². The molecule has 20 heavy (non-hydrogen) atoms. The summed E-state index contributed by atoms with van der Waals surface area (Å²) in [6, 6.07) is 8.67. The van der Waals surface area contributed by atoms with Gasteiger partial charge >= 0.3 is 6.36 Å². The van der Waals surface area contributed by atoms with Gasteiger partial charge in [-0.15, -0.1) is 13.2 Å². The van der Waals surface area contributed by atoms with Gasteiger partial charge in [-0.25, -0.2) is 4.39 Å². The Balaban J connectivity index is 2.29. The Hall–Kier alpha value is -2.44. The Morgan fingerprint density at radius 1 is 0.900 bits per heavy atom. The van der Waals surface area contributed by atoms with Crippen LogP contribution in [0.1, 0.15) is 0 Å². The lowest BCUT2D eigenvalue weighted by Crippen LogP contribution is -2.17. The molecule has 0 aliphatic rings. The highest BCUT2D eigenvalue weighted by atomic mass is 19.4. The number of alkyl halides is 3. The molecule has 0 spiro atoms. The topological polar surface area (TPSA) is 44.5 Å². The molecule has 0 aliphatic carbocycles. The summed E-state index contributed by atoms with van der Waals surface area (Å²) in [5, 5.41) is 0. The highest BCUT2D eigenvalue weighted by Gasteiger charge is 2.32. The Kier molecular flexibility index (Phi) is 3.69. The molecule has 0 saturated carbocycles. The zero-order valence-corrected chi connectivity index (χ0v) is 9.95. The number of rotatable bonds is 3. The van der Waals surface area contributed by atoms with Gasteiger partial charge in [-0.05, 0) is 24.3 Å². The Labute approximate surface area is 111 Å². The Bertz CT molecular complexity index is 614. The number of benzene rings is 2. The minimum atomic E-state index is -4.86. The molecule has 0 aliphatic heterocycles. The fourth-order valence-electron chi connectivity index (χ4n) is 1.46. The largest absolute Gasteiger partial charge is 0.573 e. The number of ether oxygens (including phenoxy) is 2. The van der Waals surface area contributed by atoms with Gasteiger partial charge in [-0.2, -0.15) is 0 Å². The normalized spacial score (nSPS) is 11.2. The number of hydrogen-bond acceptors (Lipinski definition) is 3. The van der Waals surface area contributed by atoms with Gasteiger partial charge in [0.15, 0.2) is 23.1 Å². The van der Waals surface area contributed by atoms with Crippen LogP contribution in [0.25, 0.3) is 0 Å². The number of anilines is 1. The van der Waals surface area contributed by atoms with E-state index in [-0.39, 0.29) is 17.2 Å². The van der Waals surface area contributed by atoms with Gasteiger partial charge in [0.1, 0.15) is 0 Å². The van der Waals surface area contributed by atoms with Crippen molar-refractivity contribution in [3.05, 3.63) is 48.3 Å². The second-order valence-corrected chi connectivity index (χ2v) is 3.79. The van der Waals surface area contributed by atoms with E-state index in [1.54, 1.807) is 0 Å². The monoisotopic (exact) mass is 287 g/mol. The fraction of sp³-hybridized carbons (Fsp3) is 0.0769. The average molecular weight is 287 g/mol. The zero-order chi connectivity index (χ0) is 14.8. The van der Waals surface area contributed by atoms with Crippen LogP contribution in [0.15, 0.2) is 42.5 Å². The smallest absolute Gasteiger partial charge is 0.450 e. The van der Waals surface area contributed by atoms with Crippen molar-refractivity contribution in [3.8, 4) is 17.2 Å². The third-order valence-corrected chi connectivity index (χ3v) is 2.25. The maximum Gasteiger partial charge on any atom is 0.573 e. The molecule has 0 aromatic heterocycles. The van der Waals surface area contributed by atoms with Gasteiger partial charge in [0, 0.05) is 11.8 Å². The fourth-order valence-corrected chi connectivity index (χ4v) is 1.46. The molecule has 2 N–H and O–H groups in total. The molecule has 0 heterocycles. The predicted octanol–water partition coefficient (Wildman–Crippen LogP) is 4.10. The zero-order valence-electron chi connectivity index (χ0n) is 9.95. The highest BCUT2D eigenvalue weighted by Crippen LogP contribution is 2.35. The highest BCUT2D eigenvalue weighted by molar-refractivity contribution is 5.47. The molecule has 0 saturated heterocycles. The summed E-state index contributed by atoms with van der Waals surface area (Å²) in [6.45, 7) is 0. The molecule has 0 bridgehead atoms. The third-order valence-electron chi connectivity index (χ3n) is 2.25. The molecular weight excluding hydrogens is 278 g/mol. The first kappa shape index (κ1) is 14.0. The van der Waals surface area contributed by atoms with Crippen LogP contribution in [-0.4, -0.2) is 6.36 Å². The van der Waals surface area contributed by atoms with Crippen molar-refractivity contribution >= 4 is 5.69 Å². The first-order valence-corrected chi connectivity index (χ1v) is 5.43. The molecule has 0 fully saturated rings. The molecule has 106 valence electrons. The van der Waals surface area contributed by atoms with E-state index in [0.717, 1.165) is 12.1 Å². The molecule has 0 unspecified atom stereocenters. The van der Waals surface area contributed by atoms with Crippen LogP contribution in [0.2, 0.25) is 0 Å². The standard InChI is InChI=1S/C13H9F4NO2/c14-9-7-8(18)5-6-10(9)19-11-3-1-2-4-12(11)20-13(15,16)17/h1-7H,18H2.